The summed E-state index contributed by atoms with van der Waals surface area (Å²) in [5.41, 5.74) is -0.818. The van der Waals surface area contributed by atoms with Gasteiger partial charge in [0.25, 0.3) is 12.1 Å². The van der Waals surface area contributed by atoms with Crippen molar-refractivity contribution in [1.82, 2.24) is 0 Å². The first-order valence-electron chi connectivity index (χ1n) is 9.04. The lowest BCUT2D eigenvalue weighted by atomic mass is 9.66. The number of nitrogens with zero attached hydrogens (tertiary/aromatic N) is 2. The van der Waals surface area contributed by atoms with Crippen molar-refractivity contribution in [3.8, 4) is 11.5 Å². The van der Waals surface area contributed by atoms with Crippen molar-refractivity contribution in [2.24, 2.45) is 5.41 Å². The van der Waals surface area contributed by atoms with Crippen LogP contribution in [-0.4, -0.2) is 32.1 Å². The van der Waals surface area contributed by atoms with Gasteiger partial charge in [-0.1, -0.05) is 31.9 Å². The molecule has 0 radical (unpaired) electrons. The van der Waals surface area contributed by atoms with Crippen molar-refractivity contribution in [2.75, 3.05) is 0 Å². The van der Waals surface area contributed by atoms with Gasteiger partial charge in [0.2, 0.25) is 0 Å². The number of rotatable bonds is 4. The summed E-state index contributed by atoms with van der Waals surface area (Å²) in [6, 6.07) is 4.62. The van der Waals surface area contributed by atoms with E-state index in [1.54, 1.807) is 24.3 Å². The molecular weight excluding hydrogens is 526 g/mol. The van der Waals surface area contributed by atoms with Crippen LogP contribution in [0, 0.1) is 25.6 Å². The van der Waals surface area contributed by atoms with E-state index < -0.39 is 39.4 Å². The first kappa shape index (κ1) is 22.4. The number of hydrogen-bond acceptors (Lipinski definition) is 6. The lowest BCUT2D eigenvalue weighted by Crippen LogP contribution is -2.96. The van der Waals surface area contributed by atoms with E-state index in [4.69, 9.17) is 0 Å². The Morgan fingerprint density at radius 2 is 1.23 bits per heavy atom. The number of piperidine rings is 1. The molecular formula is C19H20Br2N3O6+. The minimum atomic E-state index is -1.40. The molecule has 1 saturated heterocycles. The van der Waals surface area contributed by atoms with E-state index >= 15 is 0 Å². The van der Waals surface area contributed by atoms with E-state index in [9.17, 15) is 30.4 Å². The third-order valence-electron chi connectivity index (χ3n) is 5.77. The Balaban J connectivity index is 2.25. The van der Waals surface area contributed by atoms with Crippen LogP contribution in [-0.2, 0) is 0 Å². The molecule has 0 aliphatic carbocycles. The zero-order valence-corrected chi connectivity index (χ0v) is 19.2. The Morgan fingerprint density at radius 3 is 1.57 bits per heavy atom. The van der Waals surface area contributed by atoms with Gasteiger partial charge in [0.05, 0.1) is 11.1 Å². The molecule has 0 unspecified atom stereocenters. The fourth-order valence-electron chi connectivity index (χ4n) is 4.47. The van der Waals surface area contributed by atoms with Crippen molar-refractivity contribution in [3.05, 3.63) is 76.7 Å². The number of nitrogens with two attached hydrogens (primary N) is 1. The van der Waals surface area contributed by atoms with Crippen LogP contribution in [0.3, 0.4) is 0 Å². The SMILES string of the molecule is CC1(C)[C@@H]([N+](=O)[O-])[C@@H](c2cc(Br)ccc2O)[NH2+][C@@H](c2cc(Br)ccc2O)[C@H]1[N+](=O)[O-]. The van der Waals surface area contributed by atoms with E-state index in [-0.39, 0.29) is 11.5 Å². The largest absolute Gasteiger partial charge is 0.507 e. The highest BCUT2D eigenvalue weighted by molar-refractivity contribution is 9.10. The third kappa shape index (κ3) is 3.88. The van der Waals surface area contributed by atoms with E-state index in [1.807, 2.05) is 0 Å². The fraction of sp³-hybridized carbons (Fsp3) is 0.368. The van der Waals surface area contributed by atoms with Crippen molar-refractivity contribution < 1.29 is 25.4 Å². The molecule has 1 aliphatic rings. The molecule has 0 saturated carbocycles. The minimum absolute atomic E-state index is 0.140. The molecule has 1 heterocycles. The second kappa shape index (κ2) is 8.12. The van der Waals surface area contributed by atoms with Crippen LogP contribution in [0.4, 0.5) is 0 Å². The van der Waals surface area contributed by atoms with E-state index in [0.717, 1.165) is 0 Å². The second-order valence-electron chi connectivity index (χ2n) is 7.93. The van der Waals surface area contributed by atoms with Gasteiger partial charge in [0.1, 0.15) is 16.9 Å². The molecule has 0 bridgehead atoms. The maximum Gasteiger partial charge on any atom is 0.279 e. The van der Waals surface area contributed by atoms with E-state index in [2.05, 4.69) is 31.9 Å². The summed E-state index contributed by atoms with van der Waals surface area (Å²) < 4.78 is 1.23. The molecule has 160 valence electrons. The van der Waals surface area contributed by atoms with Crippen LogP contribution >= 0.6 is 31.9 Å². The van der Waals surface area contributed by atoms with Crippen LogP contribution in [0.5, 0.6) is 11.5 Å². The summed E-state index contributed by atoms with van der Waals surface area (Å²) in [7, 11) is 0. The number of phenols is 2. The maximum atomic E-state index is 12.1. The standard InChI is InChI=1S/C19H19Br2N3O6/c1-19(2)17(23(27)28)15(11-7-9(20)3-5-13(11)25)22-16(18(19)24(29)30)12-8-10(21)4-6-14(12)26/h3-8,15-18,22,25-26H,1-2H3/p+1/t15-,16+,17+,18-. The molecule has 0 spiro atoms. The first-order chi connectivity index (χ1) is 13.9. The van der Waals surface area contributed by atoms with Gasteiger partial charge < -0.3 is 15.5 Å². The number of phenolic OH excluding ortho intramolecular Hbond substituents is 2. The van der Waals surface area contributed by atoms with Crippen molar-refractivity contribution >= 4 is 31.9 Å². The lowest BCUT2D eigenvalue weighted by molar-refractivity contribution is -0.818. The fourth-order valence-corrected chi connectivity index (χ4v) is 5.23. The number of quaternary nitrogens is 1. The monoisotopic (exact) mass is 544 g/mol. The Kier molecular flexibility index (Phi) is 6.08. The van der Waals surface area contributed by atoms with Gasteiger partial charge in [-0.3, -0.25) is 20.2 Å². The summed E-state index contributed by atoms with van der Waals surface area (Å²) in [5.74, 6) is -0.280. The highest BCUT2D eigenvalue weighted by Crippen LogP contribution is 2.46. The normalized spacial score (nSPS) is 25.6. The highest BCUT2D eigenvalue weighted by atomic mass is 79.9. The van der Waals surface area contributed by atoms with Gasteiger partial charge in [-0.05, 0) is 50.2 Å². The summed E-state index contributed by atoms with van der Waals surface area (Å²) in [6.45, 7) is 2.98. The average Bonchev–Trinajstić information content (AvgIpc) is 2.63. The molecule has 0 amide bonds. The Morgan fingerprint density at radius 1 is 0.867 bits per heavy atom. The molecule has 1 aliphatic heterocycles. The predicted octanol–water partition coefficient (Wildman–Crippen LogP) is 3.30. The second-order valence-corrected chi connectivity index (χ2v) is 9.76. The molecule has 0 aromatic heterocycles. The quantitative estimate of drug-likeness (QED) is 0.397. The zero-order chi connectivity index (χ0) is 22.4. The van der Waals surface area contributed by atoms with Gasteiger partial charge in [0.15, 0.2) is 12.1 Å². The molecule has 2 aromatic carbocycles. The summed E-state index contributed by atoms with van der Waals surface area (Å²) in [4.78, 5) is 23.2. The molecule has 4 N–H and O–H groups in total. The van der Waals surface area contributed by atoms with Crippen molar-refractivity contribution in [2.45, 2.75) is 38.0 Å². The smallest absolute Gasteiger partial charge is 0.279 e. The molecule has 3 rings (SSSR count). The Labute approximate surface area is 188 Å². The minimum Gasteiger partial charge on any atom is -0.507 e. The van der Waals surface area contributed by atoms with Gasteiger partial charge in [-0.15, -0.1) is 0 Å². The Hall–Kier alpha value is -2.24. The predicted molar refractivity (Wildman–Crippen MR) is 114 cm³/mol. The van der Waals surface area contributed by atoms with E-state index in [0.29, 0.717) is 20.1 Å². The third-order valence-corrected chi connectivity index (χ3v) is 6.76. The van der Waals surface area contributed by atoms with Crippen LogP contribution in [0.15, 0.2) is 45.3 Å². The lowest BCUT2D eigenvalue weighted by Gasteiger charge is -2.41. The van der Waals surface area contributed by atoms with Crippen LogP contribution in [0.2, 0.25) is 0 Å². The van der Waals surface area contributed by atoms with Gasteiger partial charge in [-0.2, -0.15) is 0 Å². The molecule has 30 heavy (non-hydrogen) atoms. The van der Waals surface area contributed by atoms with E-state index in [1.165, 1.54) is 31.3 Å². The number of benzene rings is 2. The number of hydrogen-bond donors (Lipinski definition) is 3. The average molecular weight is 546 g/mol. The van der Waals surface area contributed by atoms with Crippen LogP contribution < -0.4 is 5.32 Å². The molecule has 11 heteroatoms. The Bertz CT molecular complexity index is 938. The topological polar surface area (TPSA) is 143 Å². The maximum absolute atomic E-state index is 12.1. The van der Waals surface area contributed by atoms with Crippen molar-refractivity contribution in [3.63, 3.8) is 0 Å². The molecule has 4 atom stereocenters. The van der Waals surface area contributed by atoms with Crippen molar-refractivity contribution in [1.29, 1.82) is 0 Å². The molecule has 9 nitrogen and oxygen atoms in total. The summed E-state index contributed by atoms with van der Waals surface area (Å²) >= 11 is 6.63. The van der Waals surface area contributed by atoms with Crippen LogP contribution in [0.1, 0.15) is 37.1 Å². The zero-order valence-electron chi connectivity index (χ0n) is 16.0. The molecule has 1 fully saturated rings. The van der Waals surface area contributed by atoms with Gasteiger partial charge in [-0.25, -0.2) is 0 Å². The van der Waals surface area contributed by atoms with Gasteiger partial charge >= 0.3 is 0 Å². The number of halogens is 2. The highest BCUT2D eigenvalue weighted by Gasteiger charge is 2.66. The number of aromatic hydroxyl groups is 2. The summed E-state index contributed by atoms with van der Waals surface area (Å²) in [6.07, 6.45) is 0. The summed E-state index contributed by atoms with van der Waals surface area (Å²) in [5, 5.41) is 46.6. The molecule has 2 aromatic rings. The van der Waals surface area contributed by atoms with Gasteiger partial charge in [0, 0.05) is 18.8 Å². The number of nitro groups is 2. The van der Waals surface area contributed by atoms with Crippen LogP contribution in [0.25, 0.3) is 0 Å². The first-order valence-corrected chi connectivity index (χ1v) is 10.6.